The van der Waals surface area contributed by atoms with Crippen LogP contribution >= 0.6 is 0 Å². The third-order valence-corrected chi connectivity index (χ3v) is 1.23. The van der Waals surface area contributed by atoms with Gasteiger partial charge in [0, 0.05) is 6.42 Å². The van der Waals surface area contributed by atoms with Gasteiger partial charge in [0.1, 0.15) is 0 Å². The van der Waals surface area contributed by atoms with Crippen LogP contribution in [0.2, 0.25) is 0 Å². The van der Waals surface area contributed by atoms with Crippen LogP contribution < -0.4 is 0 Å². The summed E-state index contributed by atoms with van der Waals surface area (Å²) in [6.07, 6.45) is 0.480. The summed E-state index contributed by atoms with van der Waals surface area (Å²) in [5, 5.41) is 0. The SMILES string of the molecule is CCOC(=O)CC.COS(=O)(=O)O. The van der Waals surface area contributed by atoms with Crippen LogP contribution in [0.3, 0.4) is 0 Å². The fourth-order valence-electron chi connectivity index (χ4n) is 0.263. The molecule has 0 saturated heterocycles. The van der Waals surface area contributed by atoms with Gasteiger partial charge in [0.25, 0.3) is 0 Å². The van der Waals surface area contributed by atoms with E-state index in [9.17, 15) is 13.2 Å². The predicted molar refractivity (Wildman–Crippen MR) is 45.5 cm³/mol. The third kappa shape index (κ3) is 18.4. The highest BCUT2D eigenvalue weighted by Gasteiger charge is 1.94. The molecule has 1 N–H and O–H groups in total. The zero-order chi connectivity index (χ0) is 10.9. The quantitative estimate of drug-likeness (QED) is 0.540. The molecule has 0 spiro atoms. The molecule has 0 bridgehead atoms. The normalized spacial score (nSPS) is 9.85. The average molecular weight is 214 g/mol. The molecule has 0 fully saturated rings. The van der Waals surface area contributed by atoms with E-state index in [1.54, 1.807) is 13.8 Å². The Hall–Kier alpha value is -0.660. The van der Waals surface area contributed by atoms with Crippen LogP contribution in [0, 0.1) is 0 Å². The fourth-order valence-corrected chi connectivity index (χ4v) is 0.263. The lowest BCUT2D eigenvalue weighted by atomic mass is 10.5. The fraction of sp³-hybridized carbons (Fsp3) is 0.833. The van der Waals surface area contributed by atoms with E-state index in [0.717, 1.165) is 7.11 Å². The minimum atomic E-state index is -4.16. The second-order valence-electron chi connectivity index (χ2n) is 1.75. The molecule has 13 heavy (non-hydrogen) atoms. The van der Waals surface area contributed by atoms with E-state index < -0.39 is 10.4 Å². The zero-order valence-corrected chi connectivity index (χ0v) is 8.63. The molecule has 0 aromatic carbocycles. The molecule has 0 saturated carbocycles. The lowest BCUT2D eigenvalue weighted by Gasteiger charge is -1.93. The van der Waals surface area contributed by atoms with Gasteiger partial charge in [0.2, 0.25) is 0 Å². The highest BCUT2D eigenvalue weighted by molar-refractivity contribution is 7.80. The van der Waals surface area contributed by atoms with Crippen molar-refractivity contribution in [1.82, 2.24) is 0 Å². The van der Waals surface area contributed by atoms with Crippen LogP contribution in [-0.2, 0) is 24.1 Å². The molecule has 0 heterocycles. The van der Waals surface area contributed by atoms with Gasteiger partial charge in [-0.05, 0) is 6.92 Å². The molecule has 0 aliphatic heterocycles. The molecule has 7 heteroatoms. The van der Waals surface area contributed by atoms with Gasteiger partial charge in [-0.25, -0.2) is 0 Å². The minimum absolute atomic E-state index is 0.123. The van der Waals surface area contributed by atoms with Gasteiger partial charge in [0.15, 0.2) is 0 Å². The molecule has 0 aromatic rings. The molecule has 0 aromatic heterocycles. The molecule has 0 radical (unpaired) electrons. The monoisotopic (exact) mass is 214 g/mol. The lowest BCUT2D eigenvalue weighted by molar-refractivity contribution is -0.142. The average Bonchev–Trinajstić information content (AvgIpc) is 2.05. The number of hydrogen-bond acceptors (Lipinski definition) is 5. The molecule has 6 nitrogen and oxygen atoms in total. The van der Waals surface area contributed by atoms with Crippen molar-refractivity contribution in [2.24, 2.45) is 0 Å². The van der Waals surface area contributed by atoms with Gasteiger partial charge in [-0.1, -0.05) is 6.92 Å². The maximum absolute atomic E-state index is 10.2. The second kappa shape index (κ2) is 7.96. The summed E-state index contributed by atoms with van der Waals surface area (Å²) in [6.45, 7) is 4.07. The summed E-state index contributed by atoms with van der Waals surface area (Å²) in [7, 11) is -3.29. The van der Waals surface area contributed by atoms with E-state index in [0.29, 0.717) is 13.0 Å². The number of carbonyl (C=O) groups excluding carboxylic acids is 1. The van der Waals surface area contributed by atoms with E-state index in [4.69, 9.17) is 4.55 Å². The highest BCUT2D eigenvalue weighted by atomic mass is 32.3. The van der Waals surface area contributed by atoms with E-state index in [1.165, 1.54) is 0 Å². The first kappa shape index (κ1) is 14.8. The third-order valence-electron chi connectivity index (χ3n) is 0.805. The molecule has 0 atom stereocenters. The van der Waals surface area contributed by atoms with Gasteiger partial charge >= 0.3 is 16.4 Å². The maximum atomic E-state index is 10.2. The Balaban J connectivity index is 0. The van der Waals surface area contributed by atoms with Crippen molar-refractivity contribution in [2.45, 2.75) is 20.3 Å². The van der Waals surface area contributed by atoms with Crippen molar-refractivity contribution in [2.75, 3.05) is 13.7 Å². The standard InChI is InChI=1S/C5H10O2.CH4O4S/c1-3-5(6)7-4-2;1-5-6(2,3)4/h3-4H2,1-2H3;1H3,(H,2,3,4). The van der Waals surface area contributed by atoms with Crippen LogP contribution in [0.4, 0.5) is 0 Å². The Bertz CT molecular complexity index is 219. The van der Waals surface area contributed by atoms with Crippen LogP contribution in [-0.4, -0.2) is 32.7 Å². The van der Waals surface area contributed by atoms with Crippen molar-refractivity contribution >= 4 is 16.4 Å². The number of esters is 1. The summed E-state index contributed by atoms with van der Waals surface area (Å²) in [6, 6.07) is 0. The molecule has 80 valence electrons. The van der Waals surface area contributed by atoms with Crippen LogP contribution in [0.5, 0.6) is 0 Å². The summed E-state index contributed by atoms with van der Waals surface area (Å²) in [4.78, 5) is 10.2. The van der Waals surface area contributed by atoms with Crippen LogP contribution in [0.25, 0.3) is 0 Å². The topological polar surface area (TPSA) is 89.9 Å². The summed E-state index contributed by atoms with van der Waals surface area (Å²) in [5.41, 5.74) is 0. The molecular formula is C6H14O6S. The summed E-state index contributed by atoms with van der Waals surface area (Å²) >= 11 is 0. The molecule has 0 unspecified atom stereocenters. The van der Waals surface area contributed by atoms with E-state index in [-0.39, 0.29) is 5.97 Å². The number of rotatable bonds is 3. The molecule has 0 rings (SSSR count). The van der Waals surface area contributed by atoms with Crippen molar-refractivity contribution < 1.29 is 26.7 Å². The van der Waals surface area contributed by atoms with E-state index in [1.807, 2.05) is 0 Å². The largest absolute Gasteiger partial charge is 0.466 e. The molecule has 0 aliphatic carbocycles. The second-order valence-corrected chi connectivity index (χ2v) is 2.94. The Kier molecular flexibility index (Phi) is 9.09. The van der Waals surface area contributed by atoms with Crippen molar-refractivity contribution in [3.8, 4) is 0 Å². The van der Waals surface area contributed by atoms with Crippen LogP contribution in [0.15, 0.2) is 0 Å². The predicted octanol–water partition coefficient (Wildman–Crippen LogP) is 0.395. The first-order valence-electron chi connectivity index (χ1n) is 3.56. The van der Waals surface area contributed by atoms with Crippen molar-refractivity contribution in [1.29, 1.82) is 0 Å². The number of hydrogen-bond donors (Lipinski definition) is 1. The summed E-state index contributed by atoms with van der Waals surface area (Å²) < 4.78 is 34.3. The number of ether oxygens (including phenoxy) is 1. The van der Waals surface area contributed by atoms with Crippen molar-refractivity contribution in [3.63, 3.8) is 0 Å². The zero-order valence-electron chi connectivity index (χ0n) is 7.81. The first-order valence-corrected chi connectivity index (χ1v) is 4.92. The smallest absolute Gasteiger partial charge is 0.397 e. The van der Waals surface area contributed by atoms with Gasteiger partial charge < -0.3 is 4.74 Å². The van der Waals surface area contributed by atoms with Gasteiger partial charge in [-0.2, -0.15) is 8.42 Å². The highest BCUT2D eigenvalue weighted by Crippen LogP contribution is 1.80. The Morgan fingerprint density at radius 1 is 1.38 bits per heavy atom. The summed E-state index contributed by atoms with van der Waals surface area (Å²) in [5.74, 6) is -0.123. The van der Waals surface area contributed by atoms with Crippen LogP contribution in [0.1, 0.15) is 20.3 Å². The number of carbonyl (C=O) groups is 1. The Morgan fingerprint density at radius 3 is 1.85 bits per heavy atom. The van der Waals surface area contributed by atoms with E-state index in [2.05, 4.69) is 8.92 Å². The first-order chi connectivity index (χ1) is 5.87. The molecule has 0 aliphatic rings. The van der Waals surface area contributed by atoms with Gasteiger partial charge in [0.05, 0.1) is 13.7 Å². The van der Waals surface area contributed by atoms with Gasteiger partial charge in [-0.15, -0.1) is 0 Å². The van der Waals surface area contributed by atoms with E-state index >= 15 is 0 Å². The molecular weight excluding hydrogens is 200 g/mol. The lowest BCUT2D eigenvalue weighted by Crippen LogP contribution is -2.00. The Labute approximate surface area is 77.8 Å². The maximum Gasteiger partial charge on any atom is 0.397 e. The van der Waals surface area contributed by atoms with Crippen molar-refractivity contribution in [3.05, 3.63) is 0 Å². The Morgan fingerprint density at radius 2 is 1.77 bits per heavy atom. The minimum Gasteiger partial charge on any atom is -0.466 e. The van der Waals surface area contributed by atoms with Gasteiger partial charge in [-0.3, -0.25) is 13.5 Å². The molecule has 0 amide bonds.